The molecule has 4 aliphatic rings. The zero-order chi connectivity index (χ0) is 24.0. The molecule has 0 radical (unpaired) electrons. The summed E-state index contributed by atoms with van der Waals surface area (Å²) in [6.45, 7) is 7.55. The number of carbonyl (C=O) groups is 2. The minimum atomic E-state index is -0.690. The van der Waals surface area contributed by atoms with Crippen LogP contribution in [-0.2, 0) is 9.59 Å². The quantitative estimate of drug-likeness (QED) is 0.461. The van der Waals surface area contributed by atoms with Crippen LogP contribution in [0.15, 0.2) is 0 Å². The molecule has 4 fully saturated rings. The van der Waals surface area contributed by atoms with E-state index in [0.717, 1.165) is 32.1 Å². The minimum Gasteiger partial charge on any atom is -0.481 e. The van der Waals surface area contributed by atoms with Gasteiger partial charge in [0.05, 0.1) is 12.6 Å². The summed E-state index contributed by atoms with van der Waals surface area (Å²) in [5.74, 6) is 2.33. The highest BCUT2D eigenvalue weighted by Crippen LogP contribution is 2.68. The van der Waals surface area contributed by atoms with Gasteiger partial charge in [-0.1, -0.05) is 20.8 Å². The van der Waals surface area contributed by atoms with Gasteiger partial charge in [-0.2, -0.15) is 0 Å². The first-order valence-electron chi connectivity index (χ1n) is 13.4. The Bertz CT molecular complexity index is 744. The summed E-state index contributed by atoms with van der Waals surface area (Å²) in [5, 5.41) is 26.8. The molecule has 0 aromatic rings. The van der Waals surface area contributed by atoms with E-state index in [0.29, 0.717) is 42.1 Å². The van der Waals surface area contributed by atoms with E-state index in [9.17, 15) is 14.7 Å². The number of carbonyl (C=O) groups excluding carboxylic acids is 1. The molecule has 33 heavy (non-hydrogen) atoms. The molecule has 0 heterocycles. The second-order valence-electron chi connectivity index (χ2n) is 12.5. The number of hydrogen-bond donors (Lipinski definition) is 4. The smallest absolute Gasteiger partial charge is 0.303 e. The summed E-state index contributed by atoms with van der Waals surface area (Å²) < 4.78 is 0. The molecule has 0 spiro atoms. The van der Waals surface area contributed by atoms with Crippen LogP contribution in [0.4, 0.5) is 0 Å². The first-order valence-corrected chi connectivity index (χ1v) is 13.4. The Hall–Kier alpha value is -1.14. The van der Waals surface area contributed by atoms with Gasteiger partial charge in [-0.15, -0.1) is 0 Å². The van der Waals surface area contributed by atoms with Gasteiger partial charge in [0.1, 0.15) is 0 Å². The van der Waals surface area contributed by atoms with Crippen LogP contribution >= 0.6 is 0 Å². The Balaban J connectivity index is 1.48. The van der Waals surface area contributed by atoms with Crippen molar-refractivity contribution < 1.29 is 19.8 Å². The number of fused-ring (bicyclic) bond motifs is 5. The summed E-state index contributed by atoms with van der Waals surface area (Å²) in [6.07, 6.45) is 9.55. The molecule has 4 aliphatic carbocycles. The van der Waals surface area contributed by atoms with E-state index in [1.54, 1.807) is 7.05 Å². The predicted molar refractivity (Wildman–Crippen MR) is 128 cm³/mol. The summed E-state index contributed by atoms with van der Waals surface area (Å²) >= 11 is 0. The monoisotopic (exact) mass is 462 g/mol. The SMILES string of the molecule is CNCC(=O)N[C@H]1CCC2(C)C(C1)C[C@H](O)[C@@H]1C2CCC2(C)C(C(C)CCC(=O)O)CCC12. The number of aliphatic hydroxyl groups excluding tert-OH is 1. The maximum Gasteiger partial charge on any atom is 0.303 e. The van der Waals surface area contributed by atoms with Gasteiger partial charge in [0.15, 0.2) is 0 Å². The third-order valence-corrected chi connectivity index (χ3v) is 11.0. The van der Waals surface area contributed by atoms with Crippen molar-refractivity contribution in [3.05, 3.63) is 0 Å². The Kier molecular flexibility index (Phi) is 7.18. The number of likely N-dealkylation sites (N-methyl/N-ethyl adjacent to an activating group) is 1. The van der Waals surface area contributed by atoms with Gasteiger partial charge in [0.2, 0.25) is 5.91 Å². The van der Waals surface area contributed by atoms with Crippen LogP contribution in [0.3, 0.4) is 0 Å². The molecule has 0 aromatic heterocycles. The Morgan fingerprint density at radius 1 is 1.03 bits per heavy atom. The van der Waals surface area contributed by atoms with Crippen LogP contribution in [0.25, 0.3) is 0 Å². The van der Waals surface area contributed by atoms with Crippen LogP contribution in [0.2, 0.25) is 0 Å². The molecular formula is C27H46N2O4. The number of amides is 1. The van der Waals surface area contributed by atoms with Gasteiger partial charge >= 0.3 is 5.97 Å². The number of hydrogen-bond acceptors (Lipinski definition) is 4. The lowest BCUT2D eigenvalue weighted by molar-refractivity contribution is -0.167. The lowest BCUT2D eigenvalue weighted by Gasteiger charge is -2.62. The zero-order valence-electron chi connectivity index (χ0n) is 21.1. The number of aliphatic carboxylic acids is 1. The maximum atomic E-state index is 12.1. The van der Waals surface area contributed by atoms with E-state index in [-0.39, 0.29) is 35.3 Å². The van der Waals surface area contributed by atoms with E-state index in [2.05, 4.69) is 31.4 Å². The molecule has 6 heteroatoms. The number of carboxylic acids is 1. The number of rotatable bonds is 7. The predicted octanol–water partition coefficient (Wildman–Crippen LogP) is 3.82. The summed E-state index contributed by atoms with van der Waals surface area (Å²) in [4.78, 5) is 23.3. The van der Waals surface area contributed by atoms with E-state index in [1.165, 1.54) is 25.7 Å². The van der Waals surface area contributed by atoms with Crippen LogP contribution in [-0.4, -0.2) is 47.8 Å². The first kappa shape index (κ1) is 25.0. The molecule has 0 bridgehead atoms. The number of carboxylic acid groups (broad SMARTS) is 1. The van der Waals surface area contributed by atoms with Crippen LogP contribution in [0.5, 0.6) is 0 Å². The molecule has 1 amide bonds. The molecule has 0 aliphatic heterocycles. The molecular weight excluding hydrogens is 416 g/mol. The largest absolute Gasteiger partial charge is 0.481 e. The van der Waals surface area contributed by atoms with Gasteiger partial charge in [0, 0.05) is 12.5 Å². The zero-order valence-corrected chi connectivity index (χ0v) is 21.1. The average Bonchev–Trinajstić information content (AvgIpc) is 3.10. The number of nitrogens with one attached hydrogen (secondary N) is 2. The second-order valence-corrected chi connectivity index (χ2v) is 12.5. The van der Waals surface area contributed by atoms with E-state index >= 15 is 0 Å². The van der Waals surface area contributed by atoms with Crippen molar-refractivity contribution >= 4 is 11.9 Å². The normalized spacial score (nSPS) is 45.4. The fraction of sp³-hybridized carbons (Fsp3) is 0.926. The van der Waals surface area contributed by atoms with Crippen LogP contribution < -0.4 is 10.6 Å². The second kappa shape index (κ2) is 9.49. The molecule has 0 saturated heterocycles. The van der Waals surface area contributed by atoms with Crippen molar-refractivity contribution in [2.24, 2.45) is 46.3 Å². The highest BCUT2D eigenvalue weighted by atomic mass is 16.4. The van der Waals surface area contributed by atoms with Crippen LogP contribution in [0, 0.1) is 46.3 Å². The highest BCUT2D eigenvalue weighted by Gasteiger charge is 2.62. The van der Waals surface area contributed by atoms with Crippen molar-refractivity contribution in [3.8, 4) is 0 Å². The molecule has 188 valence electrons. The Labute approximate surface area is 199 Å². The molecule has 10 atom stereocenters. The van der Waals surface area contributed by atoms with Gasteiger partial charge in [0.25, 0.3) is 0 Å². The van der Waals surface area contributed by atoms with Crippen molar-refractivity contribution in [1.29, 1.82) is 0 Å². The Morgan fingerprint density at radius 2 is 1.73 bits per heavy atom. The van der Waals surface area contributed by atoms with Crippen molar-refractivity contribution in [3.63, 3.8) is 0 Å². The number of aliphatic hydroxyl groups is 1. The fourth-order valence-corrected chi connectivity index (χ4v) is 9.32. The van der Waals surface area contributed by atoms with Crippen molar-refractivity contribution in [2.45, 2.75) is 97.1 Å². The van der Waals surface area contributed by atoms with Gasteiger partial charge in [-0.3, -0.25) is 9.59 Å². The van der Waals surface area contributed by atoms with E-state index in [1.807, 2.05) is 0 Å². The maximum absolute atomic E-state index is 12.1. The van der Waals surface area contributed by atoms with Crippen molar-refractivity contribution in [2.75, 3.05) is 13.6 Å². The van der Waals surface area contributed by atoms with Gasteiger partial charge in [-0.05, 0) is 111 Å². The molecule has 4 N–H and O–H groups in total. The average molecular weight is 463 g/mol. The lowest BCUT2D eigenvalue weighted by atomic mass is 9.43. The standard InChI is InChI=1S/C27H46N2O4/c1-16(5-8-24(32)33)19-6-7-20-25-21(10-12-27(19,20)3)26(2)11-9-18(29-23(31)15-28-4)13-17(26)14-22(25)30/h16-22,25,28,30H,5-15H2,1-4H3,(H,29,31)(H,32,33)/t16?,17?,18-,19?,20?,21?,22-,25-,26?,27?/m0/s1. The Morgan fingerprint density at radius 3 is 2.42 bits per heavy atom. The lowest BCUT2D eigenvalue weighted by Crippen LogP contribution is -2.59. The summed E-state index contributed by atoms with van der Waals surface area (Å²) in [6, 6.07) is 0.229. The minimum absolute atomic E-state index is 0.0720. The van der Waals surface area contributed by atoms with Gasteiger partial charge in [-0.25, -0.2) is 0 Å². The first-order chi connectivity index (χ1) is 15.6. The van der Waals surface area contributed by atoms with Crippen molar-refractivity contribution in [1.82, 2.24) is 10.6 Å². The molecule has 4 saturated carbocycles. The van der Waals surface area contributed by atoms with Crippen LogP contribution in [0.1, 0.15) is 85.0 Å². The topological polar surface area (TPSA) is 98.7 Å². The van der Waals surface area contributed by atoms with E-state index < -0.39 is 5.97 Å². The van der Waals surface area contributed by atoms with Gasteiger partial charge < -0.3 is 20.8 Å². The molecule has 0 aromatic carbocycles. The highest BCUT2D eigenvalue weighted by molar-refractivity contribution is 5.78. The summed E-state index contributed by atoms with van der Waals surface area (Å²) in [7, 11) is 1.80. The third-order valence-electron chi connectivity index (χ3n) is 11.0. The molecule has 4 rings (SSSR count). The molecule has 6 nitrogen and oxygen atoms in total. The fourth-order valence-electron chi connectivity index (χ4n) is 9.32. The van der Waals surface area contributed by atoms with E-state index in [4.69, 9.17) is 5.11 Å². The summed E-state index contributed by atoms with van der Waals surface area (Å²) in [5.41, 5.74) is 0.476. The molecule has 7 unspecified atom stereocenters. The third kappa shape index (κ3) is 4.47.